The molecule has 1 aliphatic carbocycles. The number of hydrogen-bond donors (Lipinski definition) is 1. The molecule has 1 atom stereocenters. The summed E-state index contributed by atoms with van der Waals surface area (Å²) < 4.78 is 40.4. The SMILES string of the molecule is COc1ccc(S(=O)(=O)N(CC(=O)N(Cc2ccc(Cl)cc2)[C@H](C)C(=O)NC2CCCCC2)c2cc(C)cc(C)c2)cc1OC. The summed E-state index contributed by atoms with van der Waals surface area (Å²) >= 11 is 6.11. The van der Waals surface area contributed by atoms with Gasteiger partial charge in [-0.05, 0) is 86.7 Å². The smallest absolute Gasteiger partial charge is 0.264 e. The molecule has 2 amide bonds. The fourth-order valence-electron chi connectivity index (χ4n) is 5.67. The fraction of sp³-hybridized carbons (Fsp3) is 0.412. The van der Waals surface area contributed by atoms with Crippen molar-refractivity contribution < 1.29 is 27.5 Å². The number of anilines is 1. The van der Waals surface area contributed by atoms with Crippen LogP contribution in [-0.4, -0.2) is 58.0 Å². The van der Waals surface area contributed by atoms with Gasteiger partial charge in [-0.25, -0.2) is 8.42 Å². The molecule has 0 spiro atoms. The van der Waals surface area contributed by atoms with E-state index in [4.69, 9.17) is 21.1 Å². The number of ether oxygens (including phenoxy) is 2. The molecule has 45 heavy (non-hydrogen) atoms. The van der Waals surface area contributed by atoms with Crippen molar-refractivity contribution in [3.8, 4) is 11.5 Å². The quantitative estimate of drug-likeness (QED) is 0.255. The first kappa shape index (κ1) is 34.1. The summed E-state index contributed by atoms with van der Waals surface area (Å²) in [6, 6.07) is 15.9. The Balaban J connectivity index is 1.73. The third-order valence-corrected chi connectivity index (χ3v) is 10.1. The second-order valence-corrected chi connectivity index (χ2v) is 13.8. The Hall–Kier alpha value is -3.76. The van der Waals surface area contributed by atoms with Crippen molar-refractivity contribution in [2.45, 2.75) is 76.4 Å². The van der Waals surface area contributed by atoms with Gasteiger partial charge in [0.1, 0.15) is 12.6 Å². The molecule has 0 heterocycles. The minimum atomic E-state index is -4.29. The summed E-state index contributed by atoms with van der Waals surface area (Å²) in [5.74, 6) is -0.190. The van der Waals surface area contributed by atoms with E-state index < -0.39 is 28.5 Å². The van der Waals surface area contributed by atoms with Crippen molar-refractivity contribution in [2.24, 2.45) is 0 Å². The van der Waals surface area contributed by atoms with Gasteiger partial charge in [-0.2, -0.15) is 0 Å². The van der Waals surface area contributed by atoms with E-state index in [1.54, 1.807) is 43.3 Å². The van der Waals surface area contributed by atoms with E-state index in [9.17, 15) is 18.0 Å². The van der Waals surface area contributed by atoms with Crippen LogP contribution in [0.4, 0.5) is 5.69 Å². The van der Waals surface area contributed by atoms with E-state index >= 15 is 0 Å². The molecule has 0 unspecified atom stereocenters. The highest BCUT2D eigenvalue weighted by molar-refractivity contribution is 7.92. The topological polar surface area (TPSA) is 105 Å². The maximum Gasteiger partial charge on any atom is 0.264 e. The summed E-state index contributed by atoms with van der Waals surface area (Å²) in [5.41, 5.74) is 2.76. The van der Waals surface area contributed by atoms with Gasteiger partial charge >= 0.3 is 0 Å². The van der Waals surface area contributed by atoms with Crippen LogP contribution in [0.5, 0.6) is 11.5 Å². The Morgan fingerprint density at radius 1 is 0.911 bits per heavy atom. The van der Waals surface area contributed by atoms with Crippen LogP contribution in [0.25, 0.3) is 0 Å². The van der Waals surface area contributed by atoms with Gasteiger partial charge in [0.15, 0.2) is 11.5 Å². The predicted molar refractivity (Wildman–Crippen MR) is 176 cm³/mol. The molecule has 1 saturated carbocycles. The number of nitrogens with zero attached hydrogens (tertiary/aromatic N) is 2. The summed E-state index contributed by atoms with van der Waals surface area (Å²) in [5, 5.41) is 3.66. The molecular formula is C34H42ClN3O6S. The highest BCUT2D eigenvalue weighted by Gasteiger charge is 2.34. The highest BCUT2D eigenvalue weighted by Crippen LogP contribution is 2.33. The van der Waals surface area contributed by atoms with Gasteiger partial charge in [0.25, 0.3) is 10.0 Å². The zero-order valence-electron chi connectivity index (χ0n) is 26.5. The second-order valence-electron chi connectivity index (χ2n) is 11.5. The number of carbonyl (C=O) groups excluding carboxylic acids is 2. The van der Waals surface area contributed by atoms with Gasteiger partial charge in [0, 0.05) is 23.7 Å². The predicted octanol–water partition coefficient (Wildman–Crippen LogP) is 6.04. The maximum atomic E-state index is 14.3. The minimum absolute atomic E-state index is 0.0541. The van der Waals surface area contributed by atoms with Crippen LogP contribution in [0.15, 0.2) is 65.6 Å². The van der Waals surface area contributed by atoms with Crippen LogP contribution in [0.2, 0.25) is 5.02 Å². The number of nitrogens with one attached hydrogen (secondary N) is 1. The van der Waals surface area contributed by atoms with Gasteiger partial charge < -0.3 is 19.7 Å². The molecule has 1 N–H and O–H groups in total. The number of rotatable bonds is 12. The van der Waals surface area contributed by atoms with Crippen LogP contribution >= 0.6 is 11.6 Å². The standard InChI is InChI=1S/C34H42ClN3O6S/c1-23-17-24(2)19-29(18-23)38(45(41,42)30-15-16-31(43-4)32(20-30)44-5)22-33(39)37(21-26-11-13-27(35)14-12-26)25(3)34(40)36-28-9-7-6-8-10-28/h11-20,25,28H,6-10,21-22H2,1-5H3,(H,36,40)/t25-/m1/s1. The average Bonchev–Trinajstić information content (AvgIpc) is 3.02. The lowest BCUT2D eigenvalue weighted by molar-refractivity contribution is -0.139. The van der Waals surface area contributed by atoms with E-state index in [-0.39, 0.29) is 29.1 Å². The molecule has 1 fully saturated rings. The van der Waals surface area contributed by atoms with Crippen molar-refractivity contribution in [2.75, 3.05) is 25.1 Å². The Labute approximate surface area is 271 Å². The number of halogens is 1. The Kier molecular flexibility index (Phi) is 11.4. The molecule has 3 aromatic carbocycles. The number of sulfonamides is 1. The molecule has 0 saturated heterocycles. The van der Waals surface area contributed by atoms with E-state index in [0.717, 1.165) is 53.1 Å². The lowest BCUT2D eigenvalue weighted by Crippen LogP contribution is -2.53. The number of carbonyl (C=O) groups is 2. The third kappa shape index (κ3) is 8.49. The summed E-state index contributed by atoms with van der Waals surface area (Å²) in [6.07, 6.45) is 5.03. The molecule has 1 aliphatic rings. The van der Waals surface area contributed by atoms with Crippen molar-refractivity contribution in [3.05, 3.63) is 82.4 Å². The molecular weight excluding hydrogens is 614 g/mol. The number of aryl methyl sites for hydroxylation is 2. The molecule has 0 aliphatic heterocycles. The number of methoxy groups -OCH3 is 2. The van der Waals surface area contributed by atoms with Crippen molar-refractivity contribution in [1.29, 1.82) is 0 Å². The number of hydrogen-bond acceptors (Lipinski definition) is 6. The molecule has 0 aromatic heterocycles. The van der Waals surface area contributed by atoms with Crippen LogP contribution in [-0.2, 0) is 26.2 Å². The lowest BCUT2D eigenvalue weighted by Gasteiger charge is -2.33. The van der Waals surface area contributed by atoms with Gasteiger partial charge in [-0.1, -0.05) is 49.1 Å². The van der Waals surface area contributed by atoms with Crippen LogP contribution in [0.3, 0.4) is 0 Å². The largest absolute Gasteiger partial charge is 0.493 e. The number of benzene rings is 3. The zero-order chi connectivity index (χ0) is 32.7. The first-order valence-electron chi connectivity index (χ1n) is 15.1. The first-order chi connectivity index (χ1) is 21.4. The van der Waals surface area contributed by atoms with E-state index in [0.29, 0.717) is 16.5 Å². The molecule has 4 rings (SSSR count). The molecule has 11 heteroatoms. The highest BCUT2D eigenvalue weighted by atomic mass is 35.5. The van der Waals surface area contributed by atoms with Crippen molar-refractivity contribution in [1.82, 2.24) is 10.2 Å². The van der Waals surface area contributed by atoms with Crippen LogP contribution in [0.1, 0.15) is 55.7 Å². The Morgan fingerprint density at radius 2 is 1.53 bits per heavy atom. The third-order valence-electron chi connectivity index (χ3n) is 8.10. The fourth-order valence-corrected chi connectivity index (χ4v) is 7.21. The van der Waals surface area contributed by atoms with Crippen molar-refractivity contribution >= 4 is 39.1 Å². The van der Waals surface area contributed by atoms with Gasteiger partial charge in [-0.3, -0.25) is 13.9 Å². The summed E-state index contributed by atoms with van der Waals surface area (Å²) in [6.45, 7) is 4.96. The maximum absolute atomic E-state index is 14.3. The molecule has 9 nitrogen and oxygen atoms in total. The summed E-state index contributed by atoms with van der Waals surface area (Å²) in [7, 11) is -1.40. The number of amides is 2. The Morgan fingerprint density at radius 3 is 2.13 bits per heavy atom. The van der Waals surface area contributed by atoms with E-state index in [1.165, 1.54) is 37.3 Å². The first-order valence-corrected chi connectivity index (χ1v) is 16.9. The van der Waals surface area contributed by atoms with Crippen LogP contribution < -0.4 is 19.1 Å². The minimum Gasteiger partial charge on any atom is -0.493 e. The Bertz CT molecular complexity index is 1590. The van der Waals surface area contributed by atoms with Gasteiger partial charge in [-0.15, -0.1) is 0 Å². The molecule has 242 valence electrons. The summed E-state index contributed by atoms with van der Waals surface area (Å²) in [4.78, 5) is 29.2. The van der Waals surface area contributed by atoms with Crippen LogP contribution in [0, 0.1) is 13.8 Å². The molecule has 0 bridgehead atoms. The molecule has 3 aromatic rings. The van der Waals surface area contributed by atoms with E-state index in [2.05, 4.69) is 5.32 Å². The monoisotopic (exact) mass is 655 g/mol. The van der Waals surface area contributed by atoms with Gasteiger partial charge in [0.05, 0.1) is 24.8 Å². The van der Waals surface area contributed by atoms with Crippen molar-refractivity contribution in [3.63, 3.8) is 0 Å². The zero-order valence-corrected chi connectivity index (χ0v) is 28.1. The lowest BCUT2D eigenvalue weighted by atomic mass is 9.95. The van der Waals surface area contributed by atoms with E-state index in [1.807, 2.05) is 19.9 Å². The second kappa shape index (κ2) is 15.0. The normalized spacial score (nSPS) is 14.4. The molecule has 0 radical (unpaired) electrons. The van der Waals surface area contributed by atoms with Gasteiger partial charge in [0.2, 0.25) is 11.8 Å². The average molecular weight is 656 g/mol.